The highest BCUT2D eigenvalue weighted by molar-refractivity contribution is 5.51. The molecule has 0 bridgehead atoms. The molecule has 0 aromatic carbocycles. The lowest BCUT2D eigenvalue weighted by molar-refractivity contribution is 0.678. The van der Waals surface area contributed by atoms with Gasteiger partial charge in [0.1, 0.15) is 0 Å². The Morgan fingerprint density at radius 3 is 2.89 bits per heavy atom. The lowest BCUT2D eigenvalue weighted by Crippen LogP contribution is -2.24. The monoisotopic (exact) mass is 245 g/mol. The minimum atomic E-state index is 0.764. The van der Waals surface area contributed by atoms with Crippen LogP contribution in [-0.2, 0) is 6.54 Å². The minimum absolute atomic E-state index is 0.764. The van der Waals surface area contributed by atoms with Gasteiger partial charge in [0.05, 0.1) is 11.9 Å². The Balaban J connectivity index is 1.64. The predicted molar refractivity (Wildman–Crippen MR) is 74.6 cm³/mol. The number of hydrogen-bond donors (Lipinski definition) is 1. The number of anilines is 1. The van der Waals surface area contributed by atoms with Gasteiger partial charge in [-0.15, -0.1) is 0 Å². The first kappa shape index (κ1) is 12.0. The second kappa shape index (κ2) is 4.88. The molecule has 1 N–H and O–H groups in total. The summed E-state index contributed by atoms with van der Waals surface area (Å²) < 4.78 is 0. The number of nitrogens with one attached hydrogen (secondary N) is 1. The van der Waals surface area contributed by atoms with Crippen LogP contribution in [0.15, 0.2) is 18.5 Å². The van der Waals surface area contributed by atoms with E-state index in [2.05, 4.69) is 35.2 Å². The van der Waals surface area contributed by atoms with Crippen molar-refractivity contribution >= 4 is 5.69 Å². The van der Waals surface area contributed by atoms with Crippen LogP contribution in [0.5, 0.6) is 0 Å². The van der Waals surface area contributed by atoms with E-state index in [4.69, 9.17) is 0 Å². The van der Waals surface area contributed by atoms with Gasteiger partial charge in [0.2, 0.25) is 0 Å². The van der Waals surface area contributed by atoms with Crippen molar-refractivity contribution in [2.24, 2.45) is 11.8 Å². The topological polar surface area (TPSA) is 28.2 Å². The Bertz CT molecular complexity index is 414. The van der Waals surface area contributed by atoms with Gasteiger partial charge < -0.3 is 10.2 Å². The zero-order valence-electron chi connectivity index (χ0n) is 11.4. The van der Waals surface area contributed by atoms with Gasteiger partial charge in [-0.1, -0.05) is 6.92 Å². The maximum atomic E-state index is 4.29. The molecule has 2 aliphatic rings. The SMILES string of the molecule is CC1CC1CN(C)c1cnccc1CNC1CC1. The molecule has 0 radical (unpaired) electrons. The standard InChI is InChI=1S/C15H23N3/c1-11-7-13(11)10-18(2)15-9-16-6-5-12(15)8-17-14-3-4-14/h5-6,9,11,13-14,17H,3-4,7-8,10H2,1-2H3. The van der Waals surface area contributed by atoms with Crippen molar-refractivity contribution < 1.29 is 0 Å². The smallest absolute Gasteiger partial charge is 0.0595 e. The molecule has 0 amide bonds. The van der Waals surface area contributed by atoms with E-state index in [0.29, 0.717) is 0 Å². The third kappa shape index (κ3) is 2.83. The van der Waals surface area contributed by atoms with E-state index >= 15 is 0 Å². The molecule has 1 aromatic heterocycles. The van der Waals surface area contributed by atoms with E-state index in [-0.39, 0.29) is 0 Å². The van der Waals surface area contributed by atoms with E-state index in [9.17, 15) is 0 Å². The van der Waals surface area contributed by atoms with Gasteiger partial charge in [-0.2, -0.15) is 0 Å². The quantitative estimate of drug-likeness (QED) is 0.834. The molecule has 3 nitrogen and oxygen atoms in total. The van der Waals surface area contributed by atoms with Crippen LogP contribution in [0.25, 0.3) is 0 Å². The summed E-state index contributed by atoms with van der Waals surface area (Å²) in [5.74, 6) is 1.80. The van der Waals surface area contributed by atoms with Gasteiger partial charge in [0.25, 0.3) is 0 Å². The van der Waals surface area contributed by atoms with Crippen LogP contribution in [-0.4, -0.2) is 24.6 Å². The van der Waals surface area contributed by atoms with Crippen molar-refractivity contribution in [2.75, 3.05) is 18.5 Å². The third-order valence-electron chi connectivity index (χ3n) is 4.24. The van der Waals surface area contributed by atoms with Crippen molar-refractivity contribution in [3.05, 3.63) is 24.0 Å². The summed E-state index contributed by atoms with van der Waals surface area (Å²) in [4.78, 5) is 6.67. The molecule has 98 valence electrons. The van der Waals surface area contributed by atoms with E-state index in [1.165, 1.54) is 37.1 Å². The molecule has 3 heteroatoms. The summed E-state index contributed by atoms with van der Waals surface area (Å²) in [5.41, 5.74) is 2.68. The fourth-order valence-corrected chi connectivity index (χ4v) is 2.55. The maximum absolute atomic E-state index is 4.29. The first-order valence-electron chi connectivity index (χ1n) is 7.11. The molecule has 0 spiro atoms. The number of hydrogen-bond acceptors (Lipinski definition) is 3. The molecule has 2 unspecified atom stereocenters. The average molecular weight is 245 g/mol. The second-order valence-electron chi connectivity index (χ2n) is 6.01. The number of nitrogens with zero attached hydrogens (tertiary/aromatic N) is 2. The normalized spacial score (nSPS) is 26.1. The van der Waals surface area contributed by atoms with E-state index < -0.39 is 0 Å². The molecular weight excluding hydrogens is 222 g/mol. The van der Waals surface area contributed by atoms with Crippen LogP contribution in [0.3, 0.4) is 0 Å². The van der Waals surface area contributed by atoms with Crippen molar-refractivity contribution in [1.29, 1.82) is 0 Å². The third-order valence-corrected chi connectivity index (χ3v) is 4.24. The van der Waals surface area contributed by atoms with Crippen LogP contribution in [0.4, 0.5) is 5.69 Å². The molecule has 0 aliphatic heterocycles. The van der Waals surface area contributed by atoms with Crippen molar-refractivity contribution in [3.63, 3.8) is 0 Å². The highest BCUT2D eigenvalue weighted by atomic mass is 15.1. The van der Waals surface area contributed by atoms with Crippen LogP contribution < -0.4 is 10.2 Å². The van der Waals surface area contributed by atoms with Gasteiger partial charge in [-0.05, 0) is 42.7 Å². The second-order valence-corrected chi connectivity index (χ2v) is 6.01. The van der Waals surface area contributed by atoms with Crippen LogP contribution in [0.1, 0.15) is 31.7 Å². The van der Waals surface area contributed by atoms with Gasteiger partial charge in [-0.25, -0.2) is 0 Å². The Morgan fingerprint density at radius 2 is 2.22 bits per heavy atom. The fourth-order valence-electron chi connectivity index (χ4n) is 2.55. The largest absolute Gasteiger partial charge is 0.373 e. The Morgan fingerprint density at radius 1 is 1.44 bits per heavy atom. The molecule has 1 heterocycles. The Hall–Kier alpha value is -1.09. The minimum Gasteiger partial charge on any atom is -0.373 e. The van der Waals surface area contributed by atoms with Crippen LogP contribution in [0.2, 0.25) is 0 Å². The van der Waals surface area contributed by atoms with Gasteiger partial charge in [0.15, 0.2) is 0 Å². The fraction of sp³-hybridized carbons (Fsp3) is 0.667. The summed E-state index contributed by atoms with van der Waals surface area (Å²) in [6, 6.07) is 2.91. The molecule has 0 saturated heterocycles. The average Bonchev–Trinajstić information content (AvgIpc) is 3.27. The zero-order chi connectivity index (χ0) is 12.5. The van der Waals surface area contributed by atoms with Gasteiger partial charge in [0, 0.05) is 32.4 Å². The van der Waals surface area contributed by atoms with Crippen molar-refractivity contribution in [1.82, 2.24) is 10.3 Å². The predicted octanol–water partition coefficient (Wildman–Crippen LogP) is 2.43. The van der Waals surface area contributed by atoms with E-state index in [1.54, 1.807) is 0 Å². The summed E-state index contributed by atoms with van der Waals surface area (Å²) in [5, 5.41) is 3.59. The summed E-state index contributed by atoms with van der Waals surface area (Å²) in [7, 11) is 2.20. The first-order chi connectivity index (χ1) is 8.74. The first-order valence-corrected chi connectivity index (χ1v) is 7.11. The lowest BCUT2D eigenvalue weighted by atomic mass is 10.2. The summed E-state index contributed by atoms with van der Waals surface area (Å²) in [6.45, 7) is 4.49. The van der Waals surface area contributed by atoms with Crippen molar-refractivity contribution in [2.45, 2.75) is 38.8 Å². The van der Waals surface area contributed by atoms with Crippen molar-refractivity contribution in [3.8, 4) is 0 Å². The molecular formula is C15H23N3. The molecule has 2 fully saturated rings. The molecule has 2 aliphatic carbocycles. The molecule has 1 aromatic rings. The lowest BCUT2D eigenvalue weighted by Gasteiger charge is -2.22. The number of rotatable bonds is 6. The number of pyridine rings is 1. The molecule has 2 atom stereocenters. The van der Waals surface area contributed by atoms with Crippen LogP contribution in [0, 0.1) is 11.8 Å². The van der Waals surface area contributed by atoms with E-state index in [1.807, 2.05) is 12.4 Å². The highest BCUT2D eigenvalue weighted by Gasteiger charge is 2.33. The van der Waals surface area contributed by atoms with Crippen LogP contribution >= 0.6 is 0 Å². The maximum Gasteiger partial charge on any atom is 0.0595 e. The Kier molecular flexibility index (Phi) is 3.25. The van der Waals surface area contributed by atoms with Gasteiger partial charge in [-0.3, -0.25) is 4.98 Å². The van der Waals surface area contributed by atoms with Gasteiger partial charge >= 0.3 is 0 Å². The highest BCUT2D eigenvalue weighted by Crippen LogP contribution is 2.39. The molecule has 3 rings (SSSR count). The molecule has 18 heavy (non-hydrogen) atoms. The zero-order valence-corrected chi connectivity index (χ0v) is 11.4. The summed E-state index contributed by atoms with van der Waals surface area (Å²) in [6.07, 6.45) is 7.99. The summed E-state index contributed by atoms with van der Waals surface area (Å²) >= 11 is 0. The van der Waals surface area contributed by atoms with E-state index in [0.717, 1.165) is 24.4 Å². The number of aromatic nitrogens is 1. The Labute approximate surface area is 110 Å². The molecule has 2 saturated carbocycles.